The molecule has 0 saturated carbocycles. The van der Waals surface area contributed by atoms with Crippen LogP contribution in [0.25, 0.3) is 0 Å². The highest BCUT2D eigenvalue weighted by molar-refractivity contribution is 8.06. The van der Waals surface area contributed by atoms with Crippen molar-refractivity contribution in [1.29, 1.82) is 0 Å². The van der Waals surface area contributed by atoms with Gasteiger partial charge in [0.15, 0.2) is 0 Å². The van der Waals surface area contributed by atoms with Gasteiger partial charge in [-0.05, 0) is 23.7 Å². The van der Waals surface area contributed by atoms with Gasteiger partial charge in [-0.3, -0.25) is 0 Å². The lowest BCUT2D eigenvalue weighted by Crippen LogP contribution is -1.59. The van der Waals surface area contributed by atoms with Gasteiger partial charge in [-0.1, -0.05) is 27.0 Å². The minimum atomic E-state index is 1.10. The van der Waals surface area contributed by atoms with Crippen molar-refractivity contribution >= 4 is 11.8 Å². The SMILES string of the molecule is C=C(C)SC(=C)C.CC. The van der Waals surface area contributed by atoms with E-state index in [1.165, 1.54) is 0 Å². The second kappa shape index (κ2) is 7.83. The van der Waals surface area contributed by atoms with Gasteiger partial charge < -0.3 is 0 Å². The minimum absolute atomic E-state index is 1.10. The molecule has 0 unspecified atom stereocenters. The van der Waals surface area contributed by atoms with Crippen LogP contribution in [0, 0.1) is 0 Å². The van der Waals surface area contributed by atoms with Crippen molar-refractivity contribution in [3.8, 4) is 0 Å². The van der Waals surface area contributed by atoms with Crippen molar-refractivity contribution in [2.24, 2.45) is 0 Å². The summed E-state index contributed by atoms with van der Waals surface area (Å²) in [6.07, 6.45) is 0. The average Bonchev–Trinajstić information content (AvgIpc) is 1.68. The lowest BCUT2D eigenvalue weighted by molar-refractivity contribution is 1.50. The summed E-state index contributed by atoms with van der Waals surface area (Å²) in [4.78, 5) is 2.21. The molecular weight excluding hydrogens is 128 g/mol. The zero-order chi connectivity index (χ0) is 7.86. The van der Waals surface area contributed by atoms with Crippen LogP contribution in [0.5, 0.6) is 0 Å². The first-order valence-corrected chi connectivity index (χ1v) is 3.93. The molecule has 0 heterocycles. The fraction of sp³-hybridized carbons (Fsp3) is 0.500. The quantitative estimate of drug-likeness (QED) is 0.568. The summed E-state index contributed by atoms with van der Waals surface area (Å²) < 4.78 is 0. The minimum Gasteiger partial charge on any atom is -0.101 e. The molecule has 0 aromatic carbocycles. The third kappa shape index (κ3) is 18.1. The molecule has 0 saturated heterocycles. The van der Waals surface area contributed by atoms with Crippen LogP contribution >= 0.6 is 11.8 Å². The summed E-state index contributed by atoms with van der Waals surface area (Å²) in [5.41, 5.74) is 0. The van der Waals surface area contributed by atoms with Crippen LogP contribution in [0.1, 0.15) is 27.7 Å². The third-order valence-electron chi connectivity index (χ3n) is 0.348. The van der Waals surface area contributed by atoms with Gasteiger partial charge in [-0.25, -0.2) is 0 Å². The Morgan fingerprint density at radius 2 is 1.22 bits per heavy atom. The zero-order valence-electron chi connectivity index (χ0n) is 6.82. The van der Waals surface area contributed by atoms with Gasteiger partial charge in [-0.2, -0.15) is 0 Å². The molecule has 0 aromatic heterocycles. The fourth-order valence-electron chi connectivity index (χ4n) is 0.297. The van der Waals surface area contributed by atoms with E-state index in [1.54, 1.807) is 11.8 Å². The van der Waals surface area contributed by atoms with Crippen LogP contribution in [-0.2, 0) is 0 Å². The van der Waals surface area contributed by atoms with E-state index in [9.17, 15) is 0 Å². The number of hydrogen-bond acceptors (Lipinski definition) is 1. The molecule has 0 aliphatic carbocycles. The fourth-order valence-corrected chi connectivity index (χ4v) is 0.892. The normalized spacial score (nSPS) is 7.11. The molecule has 0 amide bonds. The Hall–Kier alpha value is -0.170. The molecule has 0 rings (SSSR count). The van der Waals surface area contributed by atoms with Crippen LogP contribution in [0.3, 0.4) is 0 Å². The zero-order valence-corrected chi connectivity index (χ0v) is 7.64. The van der Waals surface area contributed by atoms with Gasteiger partial charge >= 0.3 is 0 Å². The highest BCUT2D eigenvalue weighted by Crippen LogP contribution is 2.19. The number of rotatable bonds is 2. The van der Waals surface area contributed by atoms with E-state index >= 15 is 0 Å². The first kappa shape index (κ1) is 11.6. The van der Waals surface area contributed by atoms with Crippen molar-refractivity contribution in [3.05, 3.63) is 23.0 Å². The number of thioether (sulfide) groups is 1. The van der Waals surface area contributed by atoms with Gasteiger partial charge in [0.05, 0.1) is 0 Å². The van der Waals surface area contributed by atoms with Crippen molar-refractivity contribution in [2.75, 3.05) is 0 Å². The van der Waals surface area contributed by atoms with Crippen LogP contribution in [0.2, 0.25) is 0 Å². The van der Waals surface area contributed by atoms with E-state index in [2.05, 4.69) is 13.2 Å². The second-order valence-electron chi connectivity index (χ2n) is 1.51. The van der Waals surface area contributed by atoms with Crippen molar-refractivity contribution < 1.29 is 0 Å². The lowest BCUT2D eigenvalue weighted by Gasteiger charge is -1.92. The molecule has 0 spiro atoms. The Balaban J connectivity index is 0. The van der Waals surface area contributed by atoms with Crippen LogP contribution in [0.4, 0.5) is 0 Å². The van der Waals surface area contributed by atoms with Crippen molar-refractivity contribution in [3.63, 3.8) is 0 Å². The van der Waals surface area contributed by atoms with Crippen molar-refractivity contribution in [1.82, 2.24) is 0 Å². The summed E-state index contributed by atoms with van der Waals surface area (Å²) in [7, 11) is 0. The van der Waals surface area contributed by atoms with E-state index in [0.717, 1.165) is 9.81 Å². The van der Waals surface area contributed by atoms with Gasteiger partial charge in [0.2, 0.25) is 0 Å². The summed E-state index contributed by atoms with van der Waals surface area (Å²) >= 11 is 1.62. The van der Waals surface area contributed by atoms with Gasteiger partial charge in [0.25, 0.3) is 0 Å². The largest absolute Gasteiger partial charge is 0.101 e. The molecule has 1 heteroatoms. The van der Waals surface area contributed by atoms with Crippen molar-refractivity contribution in [2.45, 2.75) is 27.7 Å². The molecule has 0 fully saturated rings. The summed E-state index contributed by atoms with van der Waals surface area (Å²) in [6.45, 7) is 15.3. The maximum Gasteiger partial charge on any atom is -0.0209 e. The molecule has 9 heavy (non-hydrogen) atoms. The summed E-state index contributed by atoms with van der Waals surface area (Å²) in [5.74, 6) is 0. The van der Waals surface area contributed by atoms with Gasteiger partial charge in [-0.15, -0.1) is 11.8 Å². The van der Waals surface area contributed by atoms with Crippen LogP contribution in [-0.4, -0.2) is 0 Å². The molecule has 0 aromatic rings. The molecule has 0 aliphatic rings. The molecule has 0 radical (unpaired) electrons. The molecule has 0 nitrogen and oxygen atoms in total. The lowest BCUT2D eigenvalue weighted by atomic mass is 10.7. The second-order valence-corrected chi connectivity index (χ2v) is 3.10. The first-order valence-electron chi connectivity index (χ1n) is 3.12. The molecule has 0 bridgehead atoms. The maximum atomic E-state index is 3.70. The predicted molar refractivity (Wildman–Crippen MR) is 48.6 cm³/mol. The van der Waals surface area contributed by atoms with E-state index in [0.29, 0.717) is 0 Å². The molecular formula is C8H16S. The summed E-state index contributed by atoms with van der Waals surface area (Å²) in [6, 6.07) is 0. The van der Waals surface area contributed by atoms with E-state index in [-0.39, 0.29) is 0 Å². The van der Waals surface area contributed by atoms with E-state index in [1.807, 2.05) is 27.7 Å². The van der Waals surface area contributed by atoms with E-state index in [4.69, 9.17) is 0 Å². The van der Waals surface area contributed by atoms with Gasteiger partial charge in [0.1, 0.15) is 0 Å². The average molecular weight is 144 g/mol. The summed E-state index contributed by atoms with van der Waals surface area (Å²) in [5, 5.41) is 0. The first-order chi connectivity index (χ1) is 4.13. The predicted octanol–water partition coefficient (Wildman–Crippen LogP) is 3.81. The monoisotopic (exact) mass is 144 g/mol. The smallest absolute Gasteiger partial charge is 0.0209 e. The Morgan fingerprint density at radius 3 is 1.22 bits per heavy atom. The highest BCUT2D eigenvalue weighted by Gasteiger charge is 1.82. The maximum absolute atomic E-state index is 3.70. The Morgan fingerprint density at radius 1 is 1.00 bits per heavy atom. The Labute approximate surface area is 63.0 Å². The van der Waals surface area contributed by atoms with E-state index < -0.39 is 0 Å². The molecule has 0 atom stereocenters. The number of allylic oxidation sites excluding steroid dienone is 2. The Kier molecular flexibility index (Phi) is 10.1. The number of hydrogen-bond donors (Lipinski definition) is 0. The molecule has 0 aliphatic heterocycles. The molecule has 0 N–H and O–H groups in total. The third-order valence-corrected chi connectivity index (χ3v) is 1.05. The Bertz CT molecular complexity index is 80.7. The molecule has 54 valence electrons. The standard InChI is InChI=1S/C6H10S.C2H6/c1-5(2)7-6(3)4;1-2/h1,3H2,2,4H3;1-2H3. The van der Waals surface area contributed by atoms with Gasteiger partial charge in [0, 0.05) is 0 Å². The van der Waals surface area contributed by atoms with Crippen LogP contribution in [0.15, 0.2) is 23.0 Å². The topological polar surface area (TPSA) is 0 Å². The van der Waals surface area contributed by atoms with Crippen LogP contribution < -0.4 is 0 Å². The highest BCUT2D eigenvalue weighted by atomic mass is 32.2.